The van der Waals surface area contributed by atoms with Crippen LogP contribution in [0.4, 0.5) is 27.5 Å². The van der Waals surface area contributed by atoms with Crippen LogP contribution in [-0.2, 0) is 30.4 Å². The molecule has 0 radical (unpaired) electrons. The Balaban J connectivity index is 1.09. The van der Waals surface area contributed by atoms with E-state index in [-0.39, 0.29) is 44.2 Å². The summed E-state index contributed by atoms with van der Waals surface area (Å²) in [6.45, 7) is 0. The lowest BCUT2D eigenvalue weighted by Crippen LogP contribution is -2.27. The Morgan fingerprint density at radius 2 is 1.08 bits per heavy atom. The third-order valence-corrected chi connectivity index (χ3v) is 11.5. The average Bonchev–Trinajstić information content (AvgIpc) is 3.18. The minimum absolute atomic E-state index is 0.00181. The molecule has 0 saturated heterocycles. The molecule has 5 aromatic carbocycles. The number of Topliss-reactive ketones (excluding diaryl/α,β-unsaturated/α-hetero) is 2. The number of para-hydroxylation sites is 2. The van der Waals surface area contributed by atoms with Crippen LogP contribution in [0.5, 0.6) is 5.75 Å². The smallest absolute Gasteiger partial charge is 0.323 e. The first-order valence-electron chi connectivity index (χ1n) is 17.0. The number of hydrogen-bond donors (Lipinski definition) is 7. The van der Waals surface area contributed by atoms with Crippen molar-refractivity contribution in [2.45, 2.75) is 4.90 Å². The summed E-state index contributed by atoms with van der Waals surface area (Å²) < 4.78 is 107. The highest BCUT2D eigenvalue weighted by Gasteiger charge is 2.34. The number of rotatable bonds is 10. The summed E-state index contributed by atoms with van der Waals surface area (Å²) in [5, 5.41) is 13.9. The number of ether oxygens (including phenoxy) is 1. The molecule has 2 aliphatic carbocycles. The van der Waals surface area contributed by atoms with E-state index < -0.39 is 69.2 Å². The SMILES string of the molecule is COc1ccccc1N/N=C1/C(=O)c2ccc(NC(=O)Nc3ccc4c(c3)C=C(S(=O)(=O)O)/C(=N/Nc3ccc5cc(S(=O)(=O)O)ccc5c3)C4=O)cc2C=C1S(=O)(=O)O. The lowest BCUT2D eigenvalue weighted by Gasteiger charge is -2.18. The number of methoxy groups -OCH3 is 1. The molecule has 0 saturated carbocycles. The number of ketones is 2. The number of benzene rings is 5. The largest absolute Gasteiger partial charge is 0.495 e. The van der Waals surface area contributed by atoms with E-state index in [4.69, 9.17) is 4.74 Å². The number of urea groups is 1. The lowest BCUT2D eigenvalue weighted by atomic mass is 9.94. The summed E-state index contributed by atoms with van der Waals surface area (Å²) >= 11 is 0. The maximum atomic E-state index is 13.5. The number of anilines is 4. The van der Waals surface area contributed by atoms with E-state index in [9.17, 15) is 53.3 Å². The van der Waals surface area contributed by atoms with E-state index in [1.807, 2.05) is 0 Å². The standard InChI is InChI=1S/C38H28N6O13S3/c1-57-31-5-3-2-4-30(31)42-44-35-33(60(54,55)56)19-23-16-25(10-13-29(23)37(35)46)40-38(47)39-24-9-12-28-22(15-24)18-32(59(51,52)53)34(36(28)45)43-41-26-8-6-21-17-27(58(48,49)50)11-7-20(21)14-26/h2-19,41-42H,1H3,(H2,39,40,47)(H,48,49,50)(H,51,52,53)(H,54,55,56)/b43-34-,44-35+. The maximum Gasteiger partial charge on any atom is 0.323 e. The molecule has 0 heterocycles. The number of carbonyl (C=O) groups is 3. The van der Waals surface area contributed by atoms with Crippen LogP contribution in [0.3, 0.4) is 0 Å². The number of carbonyl (C=O) groups excluding carboxylic acids is 3. The molecule has 7 N–H and O–H groups in total. The van der Waals surface area contributed by atoms with Gasteiger partial charge in [0.25, 0.3) is 30.4 Å². The Kier molecular flexibility index (Phi) is 10.7. The molecule has 7 rings (SSSR count). The summed E-state index contributed by atoms with van der Waals surface area (Å²) in [4.78, 5) is 38.0. The van der Waals surface area contributed by atoms with Crippen LogP contribution in [0, 0.1) is 0 Å². The highest BCUT2D eigenvalue weighted by atomic mass is 32.2. The summed E-state index contributed by atoms with van der Waals surface area (Å²) in [6, 6.07) is 21.8. The quantitative estimate of drug-likeness (QED) is 0.0671. The van der Waals surface area contributed by atoms with Crippen molar-refractivity contribution < 1.29 is 58.0 Å². The van der Waals surface area contributed by atoms with Gasteiger partial charge in [0.1, 0.15) is 15.6 Å². The van der Waals surface area contributed by atoms with Crippen molar-refractivity contribution in [3.05, 3.63) is 129 Å². The zero-order valence-electron chi connectivity index (χ0n) is 30.4. The van der Waals surface area contributed by atoms with Gasteiger partial charge in [0.2, 0.25) is 11.6 Å². The fourth-order valence-corrected chi connectivity index (χ4v) is 7.99. The van der Waals surface area contributed by atoms with Gasteiger partial charge in [-0.25, -0.2) is 4.79 Å². The first-order chi connectivity index (χ1) is 28.3. The summed E-state index contributed by atoms with van der Waals surface area (Å²) in [5.74, 6) is -1.40. The van der Waals surface area contributed by atoms with E-state index in [1.54, 1.807) is 24.3 Å². The normalized spacial score (nSPS) is 15.5. The van der Waals surface area contributed by atoms with Crippen molar-refractivity contribution in [1.82, 2.24) is 0 Å². The van der Waals surface area contributed by atoms with Gasteiger partial charge < -0.3 is 15.4 Å². The van der Waals surface area contributed by atoms with Gasteiger partial charge in [0.05, 0.1) is 23.4 Å². The second-order valence-electron chi connectivity index (χ2n) is 12.9. The lowest BCUT2D eigenvalue weighted by molar-refractivity contribution is 0.105. The van der Waals surface area contributed by atoms with Crippen LogP contribution in [0.2, 0.25) is 0 Å². The summed E-state index contributed by atoms with van der Waals surface area (Å²) in [7, 11) is -13.1. The zero-order chi connectivity index (χ0) is 43.1. The van der Waals surface area contributed by atoms with E-state index in [2.05, 4.69) is 31.7 Å². The molecule has 0 spiro atoms. The molecule has 5 aromatic rings. The average molecular weight is 873 g/mol. The van der Waals surface area contributed by atoms with Crippen molar-refractivity contribution in [3.63, 3.8) is 0 Å². The molecule has 19 nitrogen and oxygen atoms in total. The van der Waals surface area contributed by atoms with Crippen LogP contribution in [0.25, 0.3) is 22.9 Å². The minimum Gasteiger partial charge on any atom is -0.495 e. The van der Waals surface area contributed by atoms with Crippen molar-refractivity contribution in [2.75, 3.05) is 28.6 Å². The Morgan fingerprint density at radius 1 is 0.583 bits per heavy atom. The van der Waals surface area contributed by atoms with Crippen molar-refractivity contribution in [1.29, 1.82) is 0 Å². The Bertz CT molecular complexity index is 3180. The summed E-state index contributed by atoms with van der Waals surface area (Å²) in [6.07, 6.45) is 1.99. The third kappa shape index (κ3) is 8.54. The van der Waals surface area contributed by atoms with Gasteiger partial charge in [-0.3, -0.25) is 34.1 Å². The number of allylic oxidation sites excluding steroid dienone is 2. The van der Waals surface area contributed by atoms with Gasteiger partial charge in [0.15, 0.2) is 11.4 Å². The molecule has 0 aromatic heterocycles. The second-order valence-corrected chi connectivity index (χ2v) is 17.1. The molecular weight excluding hydrogens is 845 g/mol. The molecule has 0 aliphatic heterocycles. The first kappa shape index (κ1) is 41.1. The molecule has 0 unspecified atom stereocenters. The monoisotopic (exact) mass is 872 g/mol. The summed E-state index contributed by atoms with van der Waals surface area (Å²) in [5.41, 5.74) is 4.59. The maximum absolute atomic E-state index is 13.5. The van der Waals surface area contributed by atoms with E-state index in [1.165, 1.54) is 79.9 Å². The number of fused-ring (bicyclic) bond motifs is 3. The van der Waals surface area contributed by atoms with Crippen LogP contribution in [-0.4, -0.2) is 75.0 Å². The zero-order valence-corrected chi connectivity index (χ0v) is 32.9. The predicted molar refractivity (Wildman–Crippen MR) is 222 cm³/mol. The van der Waals surface area contributed by atoms with Crippen LogP contribution in [0.1, 0.15) is 31.8 Å². The van der Waals surface area contributed by atoms with E-state index >= 15 is 0 Å². The molecule has 2 amide bonds. The number of nitrogens with one attached hydrogen (secondary N) is 4. The molecule has 306 valence electrons. The molecular formula is C38H28N6O13S3. The fourth-order valence-electron chi connectivity index (χ4n) is 6.16. The van der Waals surface area contributed by atoms with Crippen LogP contribution < -0.4 is 26.2 Å². The molecule has 22 heteroatoms. The van der Waals surface area contributed by atoms with E-state index in [0.29, 0.717) is 22.2 Å². The number of amides is 2. The first-order valence-corrected chi connectivity index (χ1v) is 21.3. The molecule has 2 aliphatic rings. The van der Waals surface area contributed by atoms with Crippen LogP contribution in [0.15, 0.2) is 122 Å². The number of nitrogens with zero attached hydrogens (tertiary/aromatic N) is 2. The van der Waals surface area contributed by atoms with Crippen LogP contribution >= 0.6 is 0 Å². The van der Waals surface area contributed by atoms with Gasteiger partial charge in [-0.15, -0.1) is 0 Å². The molecule has 0 fully saturated rings. The topological polar surface area (TPSA) is 296 Å². The molecule has 60 heavy (non-hydrogen) atoms. The predicted octanol–water partition coefficient (Wildman–Crippen LogP) is 5.53. The second kappa shape index (κ2) is 15.6. The Labute approximate surface area is 340 Å². The highest BCUT2D eigenvalue weighted by molar-refractivity contribution is 7.91. The highest BCUT2D eigenvalue weighted by Crippen LogP contribution is 2.31. The van der Waals surface area contributed by atoms with E-state index in [0.717, 1.165) is 12.2 Å². The molecule has 0 bridgehead atoms. The van der Waals surface area contributed by atoms with Crippen molar-refractivity contribution >= 4 is 105 Å². The number of hydrogen-bond acceptors (Lipinski definition) is 14. The van der Waals surface area contributed by atoms with Gasteiger partial charge in [-0.05, 0) is 107 Å². The fraction of sp³-hybridized carbons (Fsp3) is 0.0263. The number of hydrazone groups is 2. The van der Waals surface area contributed by atoms with Crippen molar-refractivity contribution in [2.24, 2.45) is 10.2 Å². The Morgan fingerprint density at radius 3 is 1.62 bits per heavy atom. The Hall–Kier alpha value is -7.08. The van der Waals surface area contributed by atoms with Gasteiger partial charge in [-0.2, -0.15) is 35.5 Å². The van der Waals surface area contributed by atoms with Gasteiger partial charge >= 0.3 is 6.03 Å². The van der Waals surface area contributed by atoms with Crippen molar-refractivity contribution in [3.8, 4) is 5.75 Å². The third-order valence-electron chi connectivity index (χ3n) is 8.94. The van der Waals surface area contributed by atoms with Gasteiger partial charge in [-0.1, -0.05) is 24.3 Å². The van der Waals surface area contributed by atoms with Gasteiger partial charge in [0, 0.05) is 22.5 Å². The molecule has 0 atom stereocenters. The minimum atomic E-state index is -5.04.